The van der Waals surface area contributed by atoms with Gasteiger partial charge in [-0.25, -0.2) is 9.50 Å². The SMILES string of the molecule is O=CN[C@@H]1C(=O)N2[C@H](C(=S)OC(c3ccccc3)c3ccccc3)C(c3ccn4ncnc4n3)=CS[C@H]12. The number of ether oxygens (including phenoxy) is 1. The van der Waals surface area contributed by atoms with Crippen molar-refractivity contribution in [3.05, 3.63) is 101 Å². The Hall–Kier alpha value is -4.09. The first-order valence-corrected chi connectivity index (χ1v) is 12.9. The van der Waals surface area contributed by atoms with Gasteiger partial charge in [-0.1, -0.05) is 60.7 Å². The number of fused-ring (bicyclic) bond motifs is 2. The minimum atomic E-state index is -0.689. The number of rotatable bonds is 7. The fourth-order valence-corrected chi connectivity index (χ4v) is 6.15. The molecule has 11 heteroatoms. The highest BCUT2D eigenvalue weighted by Gasteiger charge is 2.55. The molecule has 2 aromatic heterocycles. The van der Waals surface area contributed by atoms with Crippen LogP contribution < -0.4 is 5.32 Å². The molecule has 0 unspecified atom stereocenters. The second kappa shape index (κ2) is 9.75. The molecule has 2 amide bonds. The normalized spacial score (nSPS) is 20.7. The van der Waals surface area contributed by atoms with Crippen molar-refractivity contribution in [1.29, 1.82) is 0 Å². The molecule has 37 heavy (non-hydrogen) atoms. The number of β-lactam (4-membered cyclic amide) rings is 1. The van der Waals surface area contributed by atoms with Crippen LogP contribution in [0.15, 0.2) is 84.7 Å². The van der Waals surface area contributed by atoms with E-state index in [0.717, 1.165) is 16.7 Å². The number of nitrogens with zero attached hydrogens (tertiary/aromatic N) is 5. The van der Waals surface area contributed by atoms with Crippen LogP contribution in [0.3, 0.4) is 0 Å². The zero-order chi connectivity index (χ0) is 25.4. The number of thiocarbonyl (C=S) groups is 1. The van der Waals surface area contributed by atoms with Crippen LogP contribution in [0.4, 0.5) is 0 Å². The monoisotopic (exact) mass is 528 g/mol. The molecule has 4 heterocycles. The van der Waals surface area contributed by atoms with Crippen molar-refractivity contribution in [3.63, 3.8) is 0 Å². The molecule has 6 rings (SSSR count). The molecule has 1 saturated heterocycles. The van der Waals surface area contributed by atoms with Crippen LogP contribution in [-0.2, 0) is 14.3 Å². The Kier molecular flexibility index (Phi) is 6.15. The Labute approximate surface area is 221 Å². The van der Waals surface area contributed by atoms with Crippen molar-refractivity contribution in [3.8, 4) is 0 Å². The number of benzene rings is 2. The number of aromatic nitrogens is 4. The van der Waals surface area contributed by atoms with Gasteiger partial charge in [0, 0.05) is 11.8 Å². The lowest BCUT2D eigenvalue weighted by atomic mass is 9.96. The van der Waals surface area contributed by atoms with Crippen LogP contribution in [-0.4, -0.2) is 59.3 Å². The lowest BCUT2D eigenvalue weighted by Crippen LogP contribution is -2.72. The van der Waals surface area contributed by atoms with Gasteiger partial charge in [0.2, 0.25) is 12.3 Å². The van der Waals surface area contributed by atoms with E-state index in [-0.39, 0.29) is 16.3 Å². The molecule has 184 valence electrons. The van der Waals surface area contributed by atoms with Gasteiger partial charge in [0.15, 0.2) is 5.05 Å². The summed E-state index contributed by atoms with van der Waals surface area (Å²) in [5.74, 6) is 0.198. The molecule has 1 N–H and O–H groups in total. The van der Waals surface area contributed by atoms with E-state index in [2.05, 4.69) is 20.4 Å². The largest absolute Gasteiger partial charge is 0.472 e. The van der Waals surface area contributed by atoms with Crippen molar-refractivity contribution < 1.29 is 14.3 Å². The number of carbonyl (C=O) groups excluding carboxylic acids is 2. The highest BCUT2D eigenvalue weighted by atomic mass is 32.2. The summed E-state index contributed by atoms with van der Waals surface area (Å²) in [6, 6.07) is 20.1. The van der Waals surface area contributed by atoms with Gasteiger partial charge >= 0.3 is 0 Å². The topological polar surface area (TPSA) is 102 Å². The van der Waals surface area contributed by atoms with Gasteiger partial charge in [0.25, 0.3) is 5.78 Å². The summed E-state index contributed by atoms with van der Waals surface area (Å²) in [6.45, 7) is 0. The fraction of sp³-hybridized carbons (Fsp3) is 0.154. The molecule has 0 aliphatic carbocycles. The smallest absolute Gasteiger partial charge is 0.252 e. The molecule has 1 fully saturated rings. The predicted octanol–water partition coefficient (Wildman–Crippen LogP) is 3.00. The third kappa shape index (κ3) is 4.15. The lowest BCUT2D eigenvalue weighted by molar-refractivity contribution is -0.147. The average Bonchev–Trinajstić information content (AvgIpc) is 3.42. The Balaban J connectivity index is 1.39. The van der Waals surface area contributed by atoms with Gasteiger partial charge in [0.1, 0.15) is 29.9 Å². The number of hydrogen-bond acceptors (Lipinski definition) is 8. The molecule has 2 aliphatic heterocycles. The second-order valence-corrected chi connectivity index (χ2v) is 9.86. The summed E-state index contributed by atoms with van der Waals surface area (Å²) in [5.41, 5.74) is 3.19. The Morgan fingerprint density at radius 1 is 1.08 bits per heavy atom. The first-order chi connectivity index (χ1) is 18.2. The van der Waals surface area contributed by atoms with Crippen LogP contribution in [0, 0.1) is 0 Å². The average molecular weight is 529 g/mol. The zero-order valence-corrected chi connectivity index (χ0v) is 20.9. The van der Waals surface area contributed by atoms with Crippen molar-refractivity contribution in [1.82, 2.24) is 29.8 Å². The van der Waals surface area contributed by atoms with Gasteiger partial charge in [-0.3, -0.25) is 9.59 Å². The van der Waals surface area contributed by atoms with Gasteiger partial charge in [-0.05, 0) is 34.8 Å². The summed E-state index contributed by atoms with van der Waals surface area (Å²) in [6.07, 6.45) is 3.26. The number of thioether (sulfide) groups is 1. The molecule has 9 nitrogen and oxygen atoms in total. The third-order valence-corrected chi connectivity index (χ3v) is 7.83. The molecule has 0 saturated carbocycles. The summed E-state index contributed by atoms with van der Waals surface area (Å²) in [4.78, 5) is 34.8. The van der Waals surface area contributed by atoms with Gasteiger partial charge < -0.3 is 15.0 Å². The van der Waals surface area contributed by atoms with Crippen molar-refractivity contribution in [2.75, 3.05) is 0 Å². The molecular formula is C26H20N6O3S2. The minimum absolute atomic E-state index is 0.231. The molecular weight excluding hydrogens is 508 g/mol. The summed E-state index contributed by atoms with van der Waals surface area (Å²) < 4.78 is 8.08. The molecule has 3 atom stereocenters. The van der Waals surface area contributed by atoms with Crippen LogP contribution in [0.5, 0.6) is 0 Å². The second-order valence-electron chi connectivity index (χ2n) is 8.47. The fourth-order valence-electron chi connectivity index (χ4n) is 4.57. The van der Waals surface area contributed by atoms with E-state index in [1.165, 1.54) is 18.1 Å². The van der Waals surface area contributed by atoms with E-state index in [0.29, 0.717) is 17.9 Å². The van der Waals surface area contributed by atoms with Crippen molar-refractivity contribution in [2.24, 2.45) is 0 Å². The maximum Gasteiger partial charge on any atom is 0.252 e. The minimum Gasteiger partial charge on any atom is -0.472 e. The molecule has 0 bridgehead atoms. The van der Waals surface area contributed by atoms with Gasteiger partial charge in [0.05, 0.1) is 5.69 Å². The van der Waals surface area contributed by atoms with Crippen molar-refractivity contribution >= 4 is 52.7 Å². The van der Waals surface area contributed by atoms with Crippen LogP contribution in [0.2, 0.25) is 0 Å². The maximum absolute atomic E-state index is 13.2. The third-order valence-electron chi connectivity index (χ3n) is 6.34. The Morgan fingerprint density at radius 3 is 2.46 bits per heavy atom. The number of amides is 2. The predicted molar refractivity (Wildman–Crippen MR) is 142 cm³/mol. The van der Waals surface area contributed by atoms with E-state index in [9.17, 15) is 9.59 Å². The number of nitrogens with one attached hydrogen (secondary N) is 1. The van der Waals surface area contributed by atoms with E-state index in [1.807, 2.05) is 66.1 Å². The van der Waals surface area contributed by atoms with E-state index in [4.69, 9.17) is 17.0 Å². The molecule has 4 aromatic rings. The van der Waals surface area contributed by atoms with Gasteiger partial charge in [-0.2, -0.15) is 10.1 Å². The highest BCUT2D eigenvalue weighted by Crippen LogP contribution is 2.44. The summed E-state index contributed by atoms with van der Waals surface area (Å²) in [7, 11) is 0. The number of hydrogen-bond donors (Lipinski definition) is 1. The molecule has 2 aliphatic rings. The van der Waals surface area contributed by atoms with Crippen LogP contribution in [0.25, 0.3) is 11.4 Å². The summed E-state index contributed by atoms with van der Waals surface area (Å²) in [5, 5.41) is 8.58. The zero-order valence-electron chi connectivity index (χ0n) is 19.2. The molecule has 0 spiro atoms. The Morgan fingerprint density at radius 2 is 1.78 bits per heavy atom. The standard InChI is InChI=1S/C26H20N6O3S2/c33-15-28-20-23(34)32-21(18(13-37-24(20)32)19-11-12-31-26(30-19)27-14-29-31)25(36)35-22(16-7-3-1-4-8-16)17-9-5-2-6-10-17/h1-15,20-22,24H,(H,28,33)/t20-,21+,24-/m1/s1. The van der Waals surface area contributed by atoms with E-state index < -0.39 is 18.2 Å². The van der Waals surface area contributed by atoms with Gasteiger partial charge in [-0.15, -0.1) is 11.8 Å². The highest BCUT2D eigenvalue weighted by molar-refractivity contribution is 8.03. The maximum atomic E-state index is 13.2. The van der Waals surface area contributed by atoms with Crippen molar-refractivity contribution in [2.45, 2.75) is 23.6 Å². The Bertz CT molecular complexity index is 1470. The molecule has 2 aromatic carbocycles. The number of carbonyl (C=O) groups is 2. The van der Waals surface area contributed by atoms with Crippen LogP contribution in [0.1, 0.15) is 22.9 Å². The first-order valence-electron chi connectivity index (χ1n) is 11.5. The quantitative estimate of drug-likeness (QED) is 0.222. The lowest BCUT2D eigenvalue weighted by Gasteiger charge is -2.52. The first kappa shape index (κ1) is 23.3. The van der Waals surface area contributed by atoms with E-state index >= 15 is 0 Å². The van der Waals surface area contributed by atoms with Crippen LogP contribution >= 0.6 is 24.0 Å². The molecule has 0 radical (unpaired) electrons. The van der Waals surface area contributed by atoms with E-state index in [1.54, 1.807) is 21.7 Å². The summed E-state index contributed by atoms with van der Waals surface area (Å²) >= 11 is 7.34.